The van der Waals surface area contributed by atoms with Crippen molar-refractivity contribution in [3.05, 3.63) is 59.4 Å². The average molecular weight is 244 g/mol. The van der Waals surface area contributed by atoms with Crippen LogP contribution in [0.2, 0.25) is 0 Å². The van der Waals surface area contributed by atoms with E-state index < -0.39 is 5.82 Å². The molecular weight excluding hydrogens is 231 g/mol. The molecule has 0 aliphatic heterocycles. The van der Waals surface area contributed by atoms with Crippen molar-refractivity contribution in [3.63, 3.8) is 0 Å². The molecule has 0 radical (unpaired) electrons. The van der Waals surface area contributed by atoms with Crippen LogP contribution in [0.25, 0.3) is 0 Å². The van der Waals surface area contributed by atoms with Gasteiger partial charge in [0, 0.05) is 11.3 Å². The van der Waals surface area contributed by atoms with Gasteiger partial charge in [0.1, 0.15) is 5.82 Å². The van der Waals surface area contributed by atoms with E-state index in [1.807, 2.05) is 6.92 Å². The Labute approximate surface area is 104 Å². The number of halogens is 1. The van der Waals surface area contributed by atoms with E-state index in [0.717, 1.165) is 5.56 Å². The Morgan fingerprint density at radius 2 is 1.94 bits per heavy atom. The van der Waals surface area contributed by atoms with Gasteiger partial charge in [-0.3, -0.25) is 4.79 Å². The van der Waals surface area contributed by atoms with Crippen LogP contribution in [0.15, 0.2) is 42.5 Å². The first-order chi connectivity index (χ1) is 8.58. The van der Waals surface area contributed by atoms with Gasteiger partial charge in [-0.2, -0.15) is 0 Å². The van der Waals surface area contributed by atoms with Gasteiger partial charge >= 0.3 is 0 Å². The van der Waals surface area contributed by atoms with Gasteiger partial charge in [-0.05, 0) is 36.8 Å². The summed E-state index contributed by atoms with van der Waals surface area (Å²) in [6.45, 7) is 1.86. The Morgan fingerprint density at radius 1 is 1.22 bits per heavy atom. The molecule has 0 bridgehead atoms. The second-order valence-electron chi connectivity index (χ2n) is 4.01. The van der Waals surface area contributed by atoms with E-state index in [0.29, 0.717) is 11.3 Å². The number of rotatable bonds is 2. The largest absolute Gasteiger partial charge is 0.398 e. The number of para-hydroxylation sites is 1. The first-order valence-corrected chi connectivity index (χ1v) is 5.50. The minimum absolute atomic E-state index is 0.154. The quantitative estimate of drug-likeness (QED) is 0.798. The maximum absolute atomic E-state index is 13.4. The second-order valence-corrected chi connectivity index (χ2v) is 4.01. The van der Waals surface area contributed by atoms with Crippen LogP contribution < -0.4 is 11.1 Å². The topological polar surface area (TPSA) is 55.1 Å². The fraction of sp³-hybridized carbons (Fsp3) is 0.0714. The summed E-state index contributed by atoms with van der Waals surface area (Å²) < 4.78 is 13.4. The molecule has 0 saturated heterocycles. The minimum Gasteiger partial charge on any atom is -0.398 e. The number of nitrogens with two attached hydrogens (primary N) is 1. The predicted octanol–water partition coefficient (Wildman–Crippen LogP) is 2.97. The lowest BCUT2D eigenvalue weighted by atomic mass is 10.1. The fourth-order valence-corrected chi connectivity index (χ4v) is 1.54. The van der Waals surface area contributed by atoms with E-state index in [2.05, 4.69) is 5.32 Å². The van der Waals surface area contributed by atoms with Crippen LogP contribution in [0, 0.1) is 12.7 Å². The highest BCUT2D eigenvalue weighted by Gasteiger charge is 2.09. The minimum atomic E-state index is -0.467. The van der Waals surface area contributed by atoms with Crippen molar-refractivity contribution < 1.29 is 9.18 Å². The molecule has 0 aromatic heterocycles. The zero-order valence-electron chi connectivity index (χ0n) is 9.91. The third-order valence-corrected chi connectivity index (χ3v) is 2.66. The van der Waals surface area contributed by atoms with Crippen LogP contribution in [-0.2, 0) is 0 Å². The summed E-state index contributed by atoms with van der Waals surface area (Å²) in [5, 5.41) is 2.50. The Morgan fingerprint density at radius 3 is 2.61 bits per heavy atom. The number of anilines is 2. The van der Waals surface area contributed by atoms with E-state index in [-0.39, 0.29) is 11.6 Å². The lowest BCUT2D eigenvalue weighted by Gasteiger charge is -2.07. The molecule has 3 nitrogen and oxygen atoms in total. The van der Waals surface area contributed by atoms with Crippen LogP contribution in [0.3, 0.4) is 0 Å². The van der Waals surface area contributed by atoms with Gasteiger partial charge < -0.3 is 11.1 Å². The molecule has 0 aliphatic carbocycles. The van der Waals surface area contributed by atoms with Gasteiger partial charge in [-0.15, -0.1) is 0 Å². The van der Waals surface area contributed by atoms with Gasteiger partial charge in [0.15, 0.2) is 0 Å². The summed E-state index contributed by atoms with van der Waals surface area (Å²) in [4.78, 5) is 11.9. The van der Waals surface area contributed by atoms with E-state index in [1.54, 1.807) is 30.3 Å². The van der Waals surface area contributed by atoms with Gasteiger partial charge in [0.2, 0.25) is 0 Å². The molecule has 0 unspecified atom stereocenters. The molecule has 0 saturated carbocycles. The lowest BCUT2D eigenvalue weighted by molar-refractivity contribution is 0.102. The molecule has 2 aromatic carbocycles. The van der Waals surface area contributed by atoms with E-state index in [9.17, 15) is 9.18 Å². The highest BCUT2D eigenvalue weighted by Crippen LogP contribution is 2.16. The summed E-state index contributed by atoms with van der Waals surface area (Å²) >= 11 is 0. The summed E-state index contributed by atoms with van der Waals surface area (Å²) in [6, 6.07) is 11.0. The van der Waals surface area contributed by atoms with Crippen molar-refractivity contribution >= 4 is 17.3 Å². The molecule has 0 spiro atoms. The molecular formula is C14H13FN2O. The van der Waals surface area contributed by atoms with Crippen molar-refractivity contribution in [3.8, 4) is 0 Å². The molecule has 4 heteroatoms. The van der Waals surface area contributed by atoms with Crippen molar-refractivity contribution in [1.29, 1.82) is 0 Å². The van der Waals surface area contributed by atoms with Crippen molar-refractivity contribution in [2.75, 3.05) is 11.1 Å². The normalized spacial score (nSPS) is 10.1. The summed E-state index contributed by atoms with van der Waals surface area (Å²) in [5.74, 6) is -0.849. The summed E-state index contributed by atoms with van der Waals surface area (Å²) in [5.41, 5.74) is 7.72. The summed E-state index contributed by atoms with van der Waals surface area (Å²) in [7, 11) is 0. The predicted molar refractivity (Wildman–Crippen MR) is 69.9 cm³/mol. The Balaban J connectivity index is 2.22. The number of nitrogens with one attached hydrogen (secondary N) is 1. The number of hydrogen-bond donors (Lipinski definition) is 2. The molecule has 92 valence electrons. The molecule has 3 N–H and O–H groups in total. The zero-order valence-corrected chi connectivity index (χ0v) is 9.91. The Hall–Kier alpha value is -2.36. The first-order valence-electron chi connectivity index (χ1n) is 5.50. The number of amides is 1. The van der Waals surface area contributed by atoms with Crippen molar-refractivity contribution in [2.24, 2.45) is 0 Å². The molecule has 1 amide bonds. The Bertz CT molecular complexity index is 596. The highest BCUT2D eigenvalue weighted by atomic mass is 19.1. The Kier molecular flexibility index (Phi) is 3.28. The number of hydrogen-bond acceptors (Lipinski definition) is 2. The summed E-state index contributed by atoms with van der Waals surface area (Å²) in [6.07, 6.45) is 0. The van der Waals surface area contributed by atoms with Crippen LogP contribution in [0.1, 0.15) is 15.9 Å². The highest BCUT2D eigenvalue weighted by molar-refractivity contribution is 6.04. The molecule has 2 rings (SSSR count). The molecule has 0 atom stereocenters. The van der Waals surface area contributed by atoms with E-state index in [1.165, 1.54) is 12.1 Å². The molecule has 0 aliphatic rings. The van der Waals surface area contributed by atoms with Crippen LogP contribution >= 0.6 is 0 Å². The maximum Gasteiger partial charge on any atom is 0.255 e. The first kappa shape index (κ1) is 12.1. The molecule has 0 fully saturated rings. The van der Waals surface area contributed by atoms with Crippen LogP contribution in [0.4, 0.5) is 15.8 Å². The number of aryl methyl sites for hydroxylation is 1. The fourth-order valence-electron chi connectivity index (χ4n) is 1.54. The second kappa shape index (κ2) is 4.87. The zero-order chi connectivity index (χ0) is 13.1. The maximum atomic E-state index is 13.4. The van der Waals surface area contributed by atoms with Gasteiger partial charge in [0.05, 0.1) is 5.69 Å². The standard InChI is InChI=1S/C14H13FN2O/c1-9-6-7-10(8-12(9)16)14(18)17-13-5-3-2-4-11(13)15/h2-8H,16H2,1H3,(H,17,18). The van der Waals surface area contributed by atoms with Gasteiger partial charge in [-0.25, -0.2) is 4.39 Å². The number of nitrogen functional groups attached to an aromatic ring is 1. The number of carbonyl (C=O) groups is 1. The van der Waals surface area contributed by atoms with Crippen molar-refractivity contribution in [1.82, 2.24) is 0 Å². The molecule has 18 heavy (non-hydrogen) atoms. The third kappa shape index (κ3) is 2.48. The smallest absolute Gasteiger partial charge is 0.255 e. The van der Waals surface area contributed by atoms with E-state index in [4.69, 9.17) is 5.73 Å². The SMILES string of the molecule is Cc1ccc(C(=O)Nc2ccccc2F)cc1N. The monoisotopic (exact) mass is 244 g/mol. The van der Waals surface area contributed by atoms with Gasteiger partial charge in [0.25, 0.3) is 5.91 Å². The van der Waals surface area contributed by atoms with E-state index >= 15 is 0 Å². The third-order valence-electron chi connectivity index (χ3n) is 2.66. The molecule has 2 aromatic rings. The van der Waals surface area contributed by atoms with Crippen LogP contribution in [-0.4, -0.2) is 5.91 Å². The average Bonchev–Trinajstić information content (AvgIpc) is 2.35. The number of benzene rings is 2. The lowest BCUT2D eigenvalue weighted by Crippen LogP contribution is -2.13. The van der Waals surface area contributed by atoms with Crippen molar-refractivity contribution in [2.45, 2.75) is 6.92 Å². The number of carbonyl (C=O) groups excluding carboxylic acids is 1. The molecule has 0 heterocycles. The van der Waals surface area contributed by atoms with Gasteiger partial charge in [-0.1, -0.05) is 18.2 Å². The van der Waals surface area contributed by atoms with Crippen LogP contribution in [0.5, 0.6) is 0 Å².